The van der Waals surface area contributed by atoms with Crippen molar-refractivity contribution in [2.45, 2.75) is 77.2 Å². The second-order valence-corrected chi connectivity index (χ2v) is 26.0. The molecule has 23 nitrogen and oxygen atoms in total. The van der Waals surface area contributed by atoms with Crippen LogP contribution in [-0.2, 0) is 30.5 Å². The van der Waals surface area contributed by atoms with Gasteiger partial charge in [-0.25, -0.2) is 39.7 Å². The number of esters is 1. The molecule has 1 aromatic carbocycles. The second kappa shape index (κ2) is 26.7. The average molecular weight is 1260 g/mol. The number of thiazole rings is 6. The molecule has 0 unspecified atom stereocenters. The predicted molar refractivity (Wildman–Crippen MR) is 324 cm³/mol. The fourth-order valence-electron chi connectivity index (χ4n) is 9.57. The molecule has 1 fully saturated rings. The number of benzene rings is 1. The lowest BCUT2D eigenvalue weighted by atomic mass is 9.90. The van der Waals surface area contributed by atoms with E-state index in [9.17, 15) is 38.7 Å². The Hall–Kier alpha value is -7.64. The lowest BCUT2D eigenvalue weighted by molar-refractivity contribution is -0.146. The van der Waals surface area contributed by atoms with Gasteiger partial charge in [0.2, 0.25) is 11.8 Å². The summed E-state index contributed by atoms with van der Waals surface area (Å²) in [5, 5.41) is 35.3. The number of methoxy groups -OCH3 is 2. The molecule has 0 aliphatic carbocycles. The number of fused-ring (bicyclic) bond motifs is 14. The first-order valence-electron chi connectivity index (χ1n) is 26.8. The number of pyridine rings is 1. The third kappa shape index (κ3) is 13.7. The topological polar surface area (TPSA) is 312 Å². The summed E-state index contributed by atoms with van der Waals surface area (Å²) in [6.45, 7) is 5.92. The number of anilines is 1. The van der Waals surface area contributed by atoms with Crippen LogP contribution in [-0.4, -0.2) is 127 Å². The number of carbonyl (C=O) groups excluding carboxylic acids is 7. The molecule has 2 aliphatic heterocycles. The maximum atomic E-state index is 14.4. The van der Waals surface area contributed by atoms with Crippen LogP contribution >= 0.6 is 68.0 Å². The van der Waals surface area contributed by atoms with Crippen molar-refractivity contribution in [3.05, 3.63) is 111 Å². The van der Waals surface area contributed by atoms with E-state index < -0.39 is 48.4 Å². The zero-order valence-corrected chi connectivity index (χ0v) is 51.5. The van der Waals surface area contributed by atoms with Crippen LogP contribution in [0, 0.1) is 18.8 Å². The Bertz CT molecular complexity index is 3790. The lowest BCUT2D eigenvalue weighted by Gasteiger charge is -2.30. The molecule has 6 N–H and O–H groups in total. The number of ketones is 1. The number of likely N-dealkylation sites (tertiary alicyclic amines) is 1. The van der Waals surface area contributed by atoms with Gasteiger partial charge in [-0.05, 0) is 43.4 Å². The largest absolute Gasteiger partial charge is 0.469 e. The van der Waals surface area contributed by atoms with E-state index in [4.69, 9.17) is 44.4 Å². The Morgan fingerprint density at radius 2 is 1.45 bits per heavy atom. The van der Waals surface area contributed by atoms with Crippen LogP contribution in [0.25, 0.3) is 43.4 Å². The smallest absolute Gasteiger partial charge is 0.323 e. The molecular weight excluding hydrogens is 1210 g/mol. The van der Waals surface area contributed by atoms with Gasteiger partial charge in [0.05, 0.1) is 54.2 Å². The zero-order chi connectivity index (χ0) is 60.1. The van der Waals surface area contributed by atoms with Gasteiger partial charge in [0.15, 0.2) is 5.78 Å². The maximum Gasteiger partial charge on any atom is 0.323 e. The second-order valence-electron chi connectivity index (χ2n) is 20.2. The number of carbonyl (C=O) groups is 7. The summed E-state index contributed by atoms with van der Waals surface area (Å²) in [7, 11) is 4.32. The van der Waals surface area contributed by atoms with Crippen LogP contribution in [0.5, 0.6) is 0 Å². The van der Waals surface area contributed by atoms with Crippen LogP contribution < -0.4 is 26.6 Å². The first-order chi connectivity index (χ1) is 41.0. The summed E-state index contributed by atoms with van der Waals surface area (Å²) in [6, 6.07) is 9.96. The molecule has 10 rings (SSSR count). The molecule has 4 atom stereocenters. The van der Waals surface area contributed by atoms with E-state index in [0.717, 1.165) is 0 Å². The summed E-state index contributed by atoms with van der Waals surface area (Å²) in [6.07, 6.45) is -0.545. The highest BCUT2D eigenvalue weighted by Gasteiger charge is 2.34. The van der Waals surface area contributed by atoms with Gasteiger partial charge in [0.1, 0.15) is 77.2 Å². The van der Waals surface area contributed by atoms with E-state index in [1.54, 1.807) is 75.8 Å². The minimum atomic E-state index is -1.27. The van der Waals surface area contributed by atoms with Crippen molar-refractivity contribution in [1.82, 2.24) is 61.1 Å². The molecule has 10 bridgehead atoms. The van der Waals surface area contributed by atoms with Crippen molar-refractivity contribution in [1.29, 1.82) is 0 Å². The van der Waals surface area contributed by atoms with E-state index in [1.165, 1.54) is 89.3 Å². The number of ether oxygens (including phenoxy) is 2. The molecule has 6 amide bonds. The number of aromatic nitrogens is 7. The summed E-state index contributed by atoms with van der Waals surface area (Å²) >= 11 is 7.33. The number of aliphatic hydroxyl groups excluding tert-OH is 1. The fraction of sp³-hybridized carbons (Fsp3) is 0.357. The molecule has 29 heteroatoms. The molecule has 0 spiro atoms. The van der Waals surface area contributed by atoms with Gasteiger partial charge in [0, 0.05) is 71.5 Å². The third-order valence-electron chi connectivity index (χ3n) is 14.2. The highest BCUT2D eigenvalue weighted by molar-refractivity contribution is 7.15. The molecule has 1 saturated heterocycles. The fourth-order valence-corrected chi connectivity index (χ4v) is 15.1. The SMILES string of the molecule is CNC(=O)C[C@@H]1NC(=O)c2csc(n2)-c2ccc(-c3nc(NC(=O)N4CCC(C(=O)OC)CC4)cs3)nc2-c2csc(n2)-c2csc(n2)[C@H]([C@@H](O)c2ccccc2)NC(=O)CNC(=O)c2nc(sc2COC)[C@H](C(C)C)CC(=O)c2nc1sc2C. The van der Waals surface area contributed by atoms with Crippen molar-refractivity contribution >= 4 is 115 Å². The van der Waals surface area contributed by atoms with Crippen LogP contribution in [0.15, 0.2) is 64.0 Å². The van der Waals surface area contributed by atoms with Gasteiger partial charge in [-0.1, -0.05) is 44.2 Å². The molecule has 9 heterocycles. The molecule has 85 heavy (non-hydrogen) atoms. The standard InChI is InChI=1S/C56H57N13O10S6/c1-26(2)31-18-37(70)42-27(3)84-53(67-42)33(19-40(71)57-4)60-47(74)35-23-80-49(62-35)30-12-13-32(51-64-39(25-83-51)65-56(77)69-16-14-29(15-17-69)55(76)79-6)59-43(30)34-22-81-52(61-34)36-24-82-54(63-36)45(46(73)28-10-8-7-9-11-28)66-41(72)20-58-48(75)44-38(21-78-5)85-50(31)68-44/h7-13,22-26,29,31,33,45-46,73H,14-21H2,1-6H3,(H,57,71)(H,58,75)(H,60,74)(H,65,77)(H,66,72)/t31-,33-,45-,46-/m0/s1. The maximum absolute atomic E-state index is 14.4. The Morgan fingerprint density at radius 1 is 0.741 bits per heavy atom. The van der Waals surface area contributed by atoms with Crippen molar-refractivity contribution < 1.29 is 48.1 Å². The third-order valence-corrected chi connectivity index (χ3v) is 19.9. The highest BCUT2D eigenvalue weighted by Crippen LogP contribution is 2.41. The summed E-state index contributed by atoms with van der Waals surface area (Å²) in [4.78, 5) is 132. The summed E-state index contributed by atoms with van der Waals surface area (Å²) < 4.78 is 10.4. The van der Waals surface area contributed by atoms with Gasteiger partial charge in [-0.3, -0.25) is 34.1 Å². The van der Waals surface area contributed by atoms with E-state index in [1.807, 2.05) is 13.8 Å². The van der Waals surface area contributed by atoms with E-state index >= 15 is 0 Å². The molecule has 0 radical (unpaired) electrons. The predicted octanol–water partition coefficient (Wildman–Crippen LogP) is 8.61. The van der Waals surface area contributed by atoms with Gasteiger partial charge in [0.25, 0.3) is 11.8 Å². The number of rotatable bonds is 10. The van der Waals surface area contributed by atoms with Crippen molar-refractivity contribution in [3.63, 3.8) is 0 Å². The monoisotopic (exact) mass is 1260 g/mol. The number of piperidine rings is 1. The van der Waals surface area contributed by atoms with Crippen molar-refractivity contribution in [2.24, 2.45) is 11.8 Å². The average Bonchev–Trinajstić information content (AvgIpc) is 4.07. The van der Waals surface area contributed by atoms with Crippen LogP contribution in [0.1, 0.15) is 125 Å². The number of hydrogen-bond acceptors (Lipinski definition) is 23. The Morgan fingerprint density at radius 3 is 2.19 bits per heavy atom. The number of amides is 6. The summed E-state index contributed by atoms with van der Waals surface area (Å²) in [5.74, 6) is -3.43. The number of aryl methyl sites for hydroxylation is 1. The van der Waals surface area contributed by atoms with Crippen molar-refractivity contribution in [2.75, 3.05) is 46.2 Å². The molecule has 2 aliphatic rings. The number of Topliss-reactive ketones (excluding diaryl/α,β-unsaturated/α-hetero) is 1. The van der Waals surface area contributed by atoms with Gasteiger partial charge in [-0.15, -0.1) is 68.0 Å². The van der Waals surface area contributed by atoms with Crippen LogP contribution in [0.4, 0.5) is 10.6 Å². The lowest BCUT2D eigenvalue weighted by Crippen LogP contribution is -2.42. The number of urea groups is 1. The van der Waals surface area contributed by atoms with E-state index in [0.29, 0.717) is 105 Å². The molecule has 8 aromatic rings. The van der Waals surface area contributed by atoms with E-state index in [-0.39, 0.29) is 72.1 Å². The Labute approximate surface area is 511 Å². The number of hydrogen-bond donors (Lipinski definition) is 6. The van der Waals surface area contributed by atoms with Crippen LogP contribution in [0.2, 0.25) is 0 Å². The molecule has 442 valence electrons. The minimum Gasteiger partial charge on any atom is -0.469 e. The van der Waals surface area contributed by atoms with Gasteiger partial charge in [-0.2, -0.15) is 0 Å². The number of nitrogens with one attached hydrogen (secondary N) is 5. The zero-order valence-electron chi connectivity index (χ0n) is 46.6. The van der Waals surface area contributed by atoms with E-state index in [2.05, 4.69) is 26.6 Å². The summed E-state index contributed by atoms with van der Waals surface area (Å²) in [5.41, 5.74) is 2.93. The van der Waals surface area contributed by atoms with Gasteiger partial charge >= 0.3 is 12.0 Å². The van der Waals surface area contributed by atoms with Crippen LogP contribution in [0.3, 0.4) is 0 Å². The van der Waals surface area contributed by atoms with Crippen molar-refractivity contribution in [3.8, 4) is 43.4 Å². The first kappa shape index (κ1) is 60.5. The highest BCUT2D eigenvalue weighted by atomic mass is 32.1. The van der Waals surface area contributed by atoms with Gasteiger partial charge < -0.3 is 40.7 Å². The molecule has 0 saturated carbocycles. The number of nitrogens with zero attached hydrogens (tertiary/aromatic N) is 8. The first-order valence-corrected chi connectivity index (χ1v) is 31.9. The quantitative estimate of drug-likeness (QED) is 0.0698. The minimum absolute atomic E-state index is 0.0297. The normalized spacial score (nSPS) is 17.6. The Balaban J connectivity index is 1.02. The Kier molecular flexibility index (Phi) is 19.0. The number of aliphatic hydroxyl groups is 1. The molecular formula is C56H57N13O10S6. The molecule has 7 aromatic heterocycles.